The van der Waals surface area contributed by atoms with E-state index in [0.717, 1.165) is 12.8 Å². The summed E-state index contributed by atoms with van der Waals surface area (Å²) in [5.74, 6) is 0.0878. The number of Topliss-reactive ketones (excluding diaryl/α,β-unsaturated/α-hetero) is 1. The Kier molecular flexibility index (Phi) is 16.2. The molecule has 28 heavy (non-hydrogen) atoms. The molecule has 0 rings (SSSR count). The van der Waals surface area contributed by atoms with E-state index in [1.54, 1.807) is 6.92 Å². The second-order valence-electron chi connectivity index (χ2n) is 9.18. The van der Waals surface area contributed by atoms with Gasteiger partial charge in [0.15, 0.2) is 5.78 Å². The van der Waals surface area contributed by atoms with Crippen LogP contribution in [0.1, 0.15) is 131 Å². The van der Waals surface area contributed by atoms with Crippen LogP contribution in [-0.2, 0) is 9.53 Å². The van der Waals surface area contributed by atoms with Crippen LogP contribution in [0.25, 0.3) is 0 Å². The molecule has 0 aliphatic heterocycles. The Balaban J connectivity index is 3.46. The fraction of sp³-hybridized carbons (Fsp3) is 0.917. The van der Waals surface area contributed by atoms with Crippen LogP contribution in [0.5, 0.6) is 0 Å². The molecule has 0 saturated carbocycles. The third-order valence-corrected chi connectivity index (χ3v) is 4.99. The van der Waals surface area contributed by atoms with E-state index in [2.05, 4.69) is 12.2 Å². The highest BCUT2D eigenvalue weighted by Gasteiger charge is 2.20. The minimum absolute atomic E-state index is 0.0878. The molecule has 0 aliphatic carbocycles. The topological polar surface area (TPSA) is 55.4 Å². The fourth-order valence-electron chi connectivity index (χ4n) is 3.28. The van der Waals surface area contributed by atoms with Gasteiger partial charge in [-0.25, -0.2) is 4.79 Å². The number of amides is 1. The summed E-state index contributed by atoms with van der Waals surface area (Å²) in [6.45, 7) is 9.44. The Bertz CT molecular complexity index is 401. The third kappa shape index (κ3) is 18.3. The Morgan fingerprint density at radius 2 is 1.14 bits per heavy atom. The number of rotatable bonds is 17. The zero-order chi connectivity index (χ0) is 21.3. The predicted molar refractivity (Wildman–Crippen MR) is 119 cm³/mol. The van der Waals surface area contributed by atoms with Crippen LogP contribution in [-0.4, -0.2) is 23.5 Å². The molecule has 0 radical (unpaired) electrons. The summed E-state index contributed by atoms with van der Waals surface area (Å²) in [5, 5.41) is 2.63. The molecular weight excluding hydrogens is 350 g/mol. The van der Waals surface area contributed by atoms with Gasteiger partial charge >= 0.3 is 6.09 Å². The van der Waals surface area contributed by atoms with Crippen LogP contribution in [0.3, 0.4) is 0 Å². The summed E-state index contributed by atoms with van der Waals surface area (Å²) in [6, 6.07) is -0.475. The van der Waals surface area contributed by atoms with Crippen molar-refractivity contribution in [2.75, 3.05) is 0 Å². The number of nitrogens with one attached hydrogen (secondary N) is 1. The smallest absolute Gasteiger partial charge is 0.408 e. The maximum Gasteiger partial charge on any atom is 0.408 e. The van der Waals surface area contributed by atoms with Crippen LogP contribution in [0.4, 0.5) is 4.79 Å². The summed E-state index contributed by atoms with van der Waals surface area (Å²) in [4.78, 5) is 23.8. The van der Waals surface area contributed by atoms with Crippen molar-refractivity contribution in [2.45, 2.75) is 143 Å². The van der Waals surface area contributed by atoms with Gasteiger partial charge in [0.2, 0.25) is 0 Å². The second kappa shape index (κ2) is 16.9. The molecule has 166 valence electrons. The first kappa shape index (κ1) is 26.9. The molecule has 4 heteroatoms. The van der Waals surface area contributed by atoms with Gasteiger partial charge < -0.3 is 10.1 Å². The largest absolute Gasteiger partial charge is 0.444 e. The highest BCUT2D eigenvalue weighted by Crippen LogP contribution is 2.14. The van der Waals surface area contributed by atoms with Crippen molar-refractivity contribution in [3.8, 4) is 0 Å². The standard InChI is InChI=1S/C24H47NO3/c1-6-7-8-9-10-11-12-13-14-15-16-17-18-19-20-22(26)21(2)25-23(27)28-24(3,4)5/h21H,6-20H2,1-5H3,(H,25,27). The van der Waals surface area contributed by atoms with Crippen molar-refractivity contribution in [3.05, 3.63) is 0 Å². The molecule has 0 aromatic carbocycles. The van der Waals surface area contributed by atoms with Crippen molar-refractivity contribution in [1.82, 2.24) is 5.32 Å². The van der Waals surface area contributed by atoms with Gasteiger partial charge in [-0.05, 0) is 34.1 Å². The molecule has 0 bridgehead atoms. The van der Waals surface area contributed by atoms with Crippen LogP contribution < -0.4 is 5.32 Å². The van der Waals surface area contributed by atoms with E-state index >= 15 is 0 Å². The number of alkyl carbamates (subject to hydrolysis) is 1. The van der Waals surface area contributed by atoms with Crippen LogP contribution >= 0.6 is 0 Å². The highest BCUT2D eigenvalue weighted by atomic mass is 16.6. The van der Waals surface area contributed by atoms with E-state index in [9.17, 15) is 9.59 Å². The zero-order valence-electron chi connectivity index (χ0n) is 19.4. The first-order valence-corrected chi connectivity index (χ1v) is 11.8. The molecule has 0 heterocycles. The Morgan fingerprint density at radius 3 is 1.54 bits per heavy atom. The number of ketones is 1. The van der Waals surface area contributed by atoms with E-state index in [4.69, 9.17) is 4.74 Å². The van der Waals surface area contributed by atoms with Gasteiger partial charge in [0.1, 0.15) is 5.60 Å². The summed E-state index contributed by atoms with van der Waals surface area (Å²) in [6.07, 6.45) is 18.3. The van der Waals surface area contributed by atoms with E-state index in [1.165, 1.54) is 77.0 Å². The van der Waals surface area contributed by atoms with Crippen molar-refractivity contribution in [3.63, 3.8) is 0 Å². The van der Waals surface area contributed by atoms with E-state index in [0.29, 0.717) is 6.42 Å². The highest BCUT2D eigenvalue weighted by molar-refractivity contribution is 5.86. The van der Waals surface area contributed by atoms with Gasteiger partial charge in [-0.2, -0.15) is 0 Å². The number of hydrogen-bond acceptors (Lipinski definition) is 3. The van der Waals surface area contributed by atoms with Gasteiger partial charge in [0.25, 0.3) is 0 Å². The molecule has 0 saturated heterocycles. The lowest BCUT2D eigenvalue weighted by Crippen LogP contribution is -2.41. The SMILES string of the molecule is CCCCCCCCCCCCCCCCC(=O)C(C)NC(=O)OC(C)(C)C. The Hall–Kier alpha value is -1.06. The number of ether oxygens (including phenoxy) is 1. The second-order valence-corrected chi connectivity index (χ2v) is 9.18. The van der Waals surface area contributed by atoms with Crippen molar-refractivity contribution < 1.29 is 14.3 Å². The molecule has 1 N–H and O–H groups in total. The lowest BCUT2D eigenvalue weighted by molar-refractivity contribution is -0.120. The van der Waals surface area contributed by atoms with Gasteiger partial charge in [-0.3, -0.25) is 4.79 Å². The molecule has 0 aliphatic rings. The molecule has 1 amide bonds. The van der Waals surface area contributed by atoms with E-state index in [1.807, 2.05) is 20.8 Å². The minimum Gasteiger partial charge on any atom is -0.444 e. The molecular formula is C24H47NO3. The molecule has 0 spiro atoms. The van der Waals surface area contributed by atoms with Crippen molar-refractivity contribution in [2.24, 2.45) is 0 Å². The molecule has 0 fully saturated rings. The number of unbranched alkanes of at least 4 members (excludes halogenated alkanes) is 13. The lowest BCUT2D eigenvalue weighted by Gasteiger charge is -2.21. The first-order chi connectivity index (χ1) is 13.3. The summed E-state index contributed by atoms with van der Waals surface area (Å²) in [5.41, 5.74) is -0.540. The molecule has 0 aromatic heterocycles. The van der Waals surface area contributed by atoms with Crippen molar-refractivity contribution >= 4 is 11.9 Å². The third-order valence-electron chi connectivity index (χ3n) is 4.99. The number of carbonyl (C=O) groups is 2. The average molecular weight is 398 g/mol. The number of hydrogen-bond donors (Lipinski definition) is 1. The Labute approximate surface area is 174 Å². The number of carbonyl (C=O) groups excluding carboxylic acids is 2. The normalized spacial score (nSPS) is 12.6. The fourth-order valence-corrected chi connectivity index (χ4v) is 3.28. The van der Waals surface area contributed by atoms with Gasteiger partial charge in [-0.15, -0.1) is 0 Å². The average Bonchev–Trinajstić information content (AvgIpc) is 2.60. The summed E-state index contributed by atoms with van der Waals surface area (Å²) >= 11 is 0. The molecule has 1 unspecified atom stereocenters. The van der Waals surface area contributed by atoms with Crippen LogP contribution in [0.15, 0.2) is 0 Å². The lowest BCUT2D eigenvalue weighted by atomic mass is 10.0. The predicted octanol–water partition coefficient (Wildman–Crippen LogP) is 7.34. The van der Waals surface area contributed by atoms with Crippen molar-refractivity contribution in [1.29, 1.82) is 0 Å². The summed E-state index contributed by atoms with van der Waals surface area (Å²) in [7, 11) is 0. The quantitative estimate of drug-likeness (QED) is 0.261. The van der Waals surface area contributed by atoms with Crippen LogP contribution in [0, 0.1) is 0 Å². The van der Waals surface area contributed by atoms with Gasteiger partial charge in [0, 0.05) is 6.42 Å². The molecule has 4 nitrogen and oxygen atoms in total. The molecule has 0 aromatic rings. The first-order valence-electron chi connectivity index (χ1n) is 11.8. The van der Waals surface area contributed by atoms with Crippen LogP contribution in [0.2, 0.25) is 0 Å². The Morgan fingerprint density at radius 1 is 0.750 bits per heavy atom. The van der Waals surface area contributed by atoms with E-state index < -0.39 is 17.7 Å². The monoisotopic (exact) mass is 397 g/mol. The summed E-state index contributed by atoms with van der Waals surface area (Å²) < 4.78 is 5.18. The zero-order valence-corrected chi connectivity index (χ0v) is 19.4. The van der Waals surface area contributed by atoms with Gasteiger partial charge in [0.05, 0.1) is 6.04 Å². The maximum absolute atomic E-state index is 12.1. The van der Waals surface area contributed by atoms with Gasteiger partial charge in [-0.1, -0.05) is 90.4 Å². The maximum atomic E-state index is 12.1. The molecule has 1 atom stereocenters. The minimum atomic E-state index is -0.540. The van der Waals surface area contributed by atoms with E-state index in [-0.39, 0.29) is 5.78 Å².